The van der Waals surface area contributed by atoms with Crippen molar-refractivity contribution in [1.82, 2.24) is 15.6 Å². The average molecular weight is 693 g/mol. The fraction of sp³-hybridized carbons (Fsp3) is 0.154. The summed E-state index contributed by atoms with van der Waals surface area (Å²) in [4.78, 5) is 32.1. The average Bonchev–Trinajstić information content (AvgIpc) is 3.52. The number of hydrogen-bond acceptors (Lipinski definition) is 7. The molecule has 0 spiro atoms. The molecule has 6 rings (SSSR count). The zero-order chi connectivity index (χ0) is 35.4. The van der Waals surface area contributed by atoms with Gasteiger partial charge >= 0.3 is 0 Å². The highest BCUT2D eigenvalue weighted by molar-refractivity contribution is 7.99. The van der Waals surface area contributed by atoms with Crippen LogP contribution >= 0.6 is 11.9 Å². The van der Waals surface area contributed by atoms with Crippen molar-refractivity contribution in [2.45, 2.75) is 19.6 Å². The third kappa shape index (κ3) is 7.18. The lowest BCUT2D eigenvalue weighted by atomic mass is 10.0. The molecule has 1 unspecified atom stereocenters. The smallest absolute Gasteiger partial charge is 0.274 e. The van der Waals surface area contributed by atoms with Gasteiger partial charge in [0.1, 0.15) is 29.6 Å². The molecule has 11 heteroatoms. The highest BCUT2D eigenvalue weighted by atomic mass is 32.2. The van der Waals surface area contributed by atoms with Crippen LogP contribution in [0.15, 0.2) is 108 Å². The summed E-state index contributed by atoms with van der Waals surface area (Å²) < 4.78 is 41.8. The summed E-state index contributed by atoms with van der Waals surface area (Å²) in [5, 5.41) is 6.17. The molecule has 0 saturated carbocycles. The fourth-order valence-corrected chi connectivity index (χ4v) is 5.91. The number of pyridine rings is 1. The Morgan fingerprint density at radius 1 is 0.920 bits per heavy atom. The lowest BCUT2D eigenvalue weighted by Crippen LogP contribution is -2.28. The molecule has 2 aromatic heterocycles. The first kappa shape index (κ1) is 34.2. The molecule has 0 aliphatic rings. The van der Waals surface area contributed by atoms with Gasteiger partial charge in [-0.2, -0.15) is 0 Å². The van der Waals surface area contributed by atoms with E-state index in [1.807, 2.05) is 60.1 Å². The van der Waals surface area contributed by atoms with Crippen molar-refractivity contribution in [3.05, 3.63) is 137 Å². The fourth-order valence-electron chi connectivity index (χ4n) is 5.56. The number of halogens is 2. The molecule has 8 nitrogen and oxygen atoms in total. The molecule has 0 aliphatic carbocycles. The highest BCUT2D eigenvalue weighted by Crippen LogP contribution is 2.42. The summed E-state index contributed by atoms with van der Waals surface area (Å²) in [6, 6.07) is 27.9. The summed E-state index contributed by atoms with van der Waals surface area (Å²) in [7, 11) is 3.41. The van der Waals surface area contributed by atoms with Crippen LogP contribution in [0, 0.1) is 11.6 Å². The van der Waals surface area contributed by atoms with E-state index in [2.05, 4.69) is 10.6 Å². The van der Waals surface area contributed by atoms with Crippen LogP contribution in [0.25, 0.3) is 33.6 Å². The molecule has 0 fully saturated rings. The number of nitrogens with one attached hydrogen (secondary N) is 2. The molecule has 0 bridgehead atoms. The van der Waals surface area contributed by atoms with Crippen molar-refractivity contribution >= 4 is 40.4 Å². The maximum Gasteiger partial charge on any atom is 0.274 e. The second-order valence-corrected chi connectivity index (χ2v) is 12.4. The van der Waals surface area contributed by atoms with Gasteiger partial charge in [-0.25, -0.2) is 13.8 Å². The van der Waals surface area contributed by atoms with E-state index in [1.165, 1.54) is 43.3 Å². The summed E-state index contributed by atoms with van der Waals surface area (Å²) >= 11 is 1.45. The number of aromatic nitrogens is 1. The Kier molecular flexibility index (Phi) is 10.1. The number of amides is 2. The van der Waals surface area contributed by atoms with E-state index in [0.29, 0.717) is 39.2 Å². The first-order chi connectivity index (χ1) is 24.2. The SMILES string of the molecule is CNC(=O)c1c(-c2ccc(F)cc2)oc2cc(N(C)SC)c(-c3ccc(OCc4ccccc4)c(C(=O)NC(C)c4ccc(F)cc4)n3)cc12. The Bertz CT molecular complexity index is 2160. The topological polar surface area (TPSA) is 96.7 Å². The predicted molar refractivity (Wildman–Crippen MR) is 193 cm³/mol. The largest absolute Gasteiger partial charge is 0.486 e. The molecule has 2 amide bonds. The normalized spacial score (nSPS) is 11.6. The first-order valence-corrected chi connectivity index (χ1v) is 17.0. The molecule has 50 heavy (non-hydrogen) atoms. The molecule has 0 aliphatic heterocycles. The number of benzene rings is 4. The Morgan fingerprint density at radius 2 is 1.60 bits per heavy atom. The van der Waals surface area contributed by atoms with Gasteiger partial charge in [-0.3, -0.25) is 9.59 Å². The number of carbonyl (C=O) groups is 2. The van der Waals surface area contributed by atoms with Crippen LogP contribution in [0.2, 0.25) is 0 Å². The Labute approximate surface area is 292 Å². The van der Waals surface area contributed by atoms with E-state index in [4.69, 9.17) is 14.1 Å². The predicted octanol–water partition coefficient (Wildman–Crippen LogP) is 8.58. The van der Waals surface area contributed by atoms with Gasteiger partial charge in [0.05, 0.1) is 23.0 Å². The van der Waals surface area contributed by atoms with Crippen molar-refractivity contribution in [2.24, 2.45) is 0 Å². The molecule has 1 atom stereocenters. The first-order valence-electron chi connectivity index (χ1n) is 15.8. The number of furan rings is 1. The van der Waals surface area contributed by atoms with E-state index in [9.17, 15) is 18.4 Å². The van der Waals surface area contributed by atoms with Gasteiger partial charge in [0, 0.05) is 42.9 Å². The van der Waals surface area contributed by atoms with E-state index in [1.54, 1.807) is 43.3 Å². The molecule has 6 aromatic rings. The van der Waals surface area contributed by atoms with Crippen LogP contribution in [-0.2, 0) is 6.61 Å². The highest BCUT2D eigenvalue weighted by Gasteiger charge is 2.26. The summed E-state index contributed by atoms with van der Waals surface area (Å²) in [6.07, 6.45) is 1.92. The van der Waals surface area contributed by atoms with Gasteiger partial charge in [0.2, 0.25) is 0 Å². The van der Waals surface area contributed by atoms with Gasteiger partial charge in [-0.1, -0.05) is 54.4 Å². The summed E-state index contributed by atoms with van der Waals surface area (Å²) in [5.41, 5.74) is 4.73. The number of hydrogen-bond donors (Lipinski definition) is 2. The van der Waals surface area contributed by atoms with E-state index >= 15 is 0 Å². The van der Waals surface area contributed by atoms with Gasteiger partial charge in [0.15, 0.2) is 11.4 Å². The van der Waals surface area contributed by atoms with E-state index in [-0.39, 0.29) is 35.3 Å². The number of fused-ring (bicyclic) bond motifs is 1. The maximum absolute atomic E-state index is 13.9. The van der Waals surface area contributed by atoms with Gasteiger partial charge in [-0.15, -0.1) is 0 Å². The maximum atomic E-state index is 13.9. The number of anilines is 1. The quantitative estimate of drug-likeness (QED) is 0.131. The Morgan fingerprint density at radius 3 is 2.26 bits per heavy atom. The molecule has 2 N–H and O–H groups in total. The second-order valence-electron chi connectivity index (χ2n) is 11.5. The van der Waals surface area contributed by atoms with Crippen molar-refractivity contribution in [1.29, 1.82) is 0 Å². The van der Waals surface area contributed by atoms with Crippen molar-refractivity contribution in [3.63, 3.8) is 0 Å². The van der Waals surface area contributed by atoms with Crippen LogP contribution in [0.4, 0.5) is 14.5 Å². The Hall–Kier alpha value is -5.68. The minimum absolute atomic E-state index is 0.0518. The summed E-state index contributed by atoms with van der Waals surface area (Å²) in [6.45, 7) is 2.01. The van der Waals surface area contributed by atoms with Gasteiger partial charge in [0.25, 0.3) is 11.8 Å². The van der Waals surface area contributed by atoms with Gasteiger partial charge in [-0.05, 0) is 72.6 Å². The van der Waals surface area contributed by atoms with Gasteiger partial charge < -0.3 is 24.1 Å². The molecule has 2 heterocycles. The van der Waals surface area contributed by atoms with Crippen molar-refractivity contribution in [2.75, 3.05) is 24.7 Å². The minimum atomic E-state index is -0.486. The lowest BCUT2D eigenvalue weighted by Gasteiger charge is -2.21. The van der Waals surface area contributed by atoms with Crippen LogP contribution < -0.4 is 19.7 Å². The van der Waals surface area contributed by atoms with Crippen LogP contribution in [0.1, 0.15) is 44.9 Å². The second kappa shape index (κ2) is 14.8. The van der Waals surface area contributed by atoms with Crippen molar-refractivity contribution < 1.29 is 27.5 Å². The number of nitrogens with zero attached hydrogens (tertiary/aromatic N) is 2. The Balaban J connectivity index is 1.48. The van der Waals surface area contributed by atoms with Crippen molar-refractivity contribution in [3.8, 4) is 28.3 Å². The molecular formula is C39H34F2N4O4S. The zero-order valence-corrected chi connectivity index (χ0v) is 28.6. The molecular weight excluding hydrogens is 659 g/mol. The third-order valence-electron chi connectivity index (χ3n) is 8.28. The zero-order valence-electron chi connectivity index (χ0n) is 27.8. The van der Waals surface area contributed by atoms with Crippen LogP contribution in [0.5, 0.6) is 5.75 Å². The molecule has 4 aromatic carbocycles. The standard InChI is InChI=1S/C39H34F2N4O4S/c1-23(25-10-14-27(40)15-11-25)43-39(47)36-33(48-22-24-8-6-5-7-9-24)19-18-31(44-36)29-20-30-34(21-32(29)45(3)50-4)49-37(35(30)38(46)42-2)26-12-16-28(41)17-13-26/h5-21,23H,22H2,1-4H3,(H,42,46)(H,43,47). The lowest BCUT2D eigenvalue weighted by molar-refractivity contribution is 0.0928. The van der Waals surface area contributed by atoms with Crippen LogP contribution in [0.3, 0.4) is 0 Å². The number of carbonyl (C=O) groups excluding carboxylic acids is 2. The van der Waals surface area contributed by atoms with Crippen LogP contribution in [-0.4, -0.2) is 37.1 Å². The number of rotatable bonds is 11. The molecule has 254 valence electrons. The summed E-state index contributed by atoms with van der Waals surface area (Å²) in [5.74, 6) is -1.08. The molecule has 0 saturated heterocycles. The molecule has 0 radical (unpaired) electrons. The number of ether oxygens (including phenoxy) is 1. The van der Waals surface area contributed by atoms with E-state index < -0.39 is 17.8 Å². The monoisotopic (exact) mass is 692 g/mol. The minimum Gasteiger partial charge on any atom is -0.486 e. The third-order valence-corrected chi connectivity index (χ3v) is 9.03. The van der Waals surface area contributed by atoms with E-state index in [0.717, 1.165) is 11.1 Å².